The van der Waals surface area contributed by atoms with E-state index in [2.05, 4.69) is 0 Å². The van der Waals surface area contributed by atoms with Crippen molar-refractivity contribution in [2.45, 2.75) is 33.3 Å². The van der Waals surface area contributed by atoms with E-state index in [1.165, 1.54) is 0 Å². The molecule has 2 rings (SSSR count). The summed E-state index contributed by atoms with van der Waals surface area (Å²) in [5.74, 6) is 1.52. The summed E-state index contributed by atoms with van der Waals surface area (Å²) < 4.78 is 11.1. The van der Waals surface area contributed by atoms with E-state index in [9.17, 15) is 4.79 Å². The molecule has 0 atom stereocenters. The van der Waals surface area contributed by atoms with Crippen molar-refractivity contribution in [3.8, 4) is 11.5 Å². The maximum atomic E-state index is 12.4. The standard InChI is InChI=1S/C19H22O3/c1-5-21-16-10-6-14(7-11-16)18(20)15-8-12-17(13-9-15)22-19(2,3)4/h6-13H,5H2,1-4H3. The number of rotatable bonds is 5. The summed E-state index contributed by atoms with van der Waals surface area (Å²) in [6.07, 6.45) is 0. The summed E-state index contributed by atoms with van der Waals surface area (Å²) in [5, 5.41) is 0. The summed E-state index contributed by atoms with van der Waals surface area (Å²) in [4.78, 5) is 12.4. The highest BCUT2D eigenvalue weighted by Crippen LogP contribution is 2.20. The van der Waals surface area contributed by atoms with Crippen LogP contribution in [0.5, 0.6) is 11.5 Å². The van der Waals surface area contributed by atoms with Gasteiger partial charge in [0.1, 0.15) is 17.1 Å². The highest BCUT2D eigenvalue weighted by atomic mass is 16.5. The number of carbonyl (C=O) groups excluding carboxylic acids is 1. The van der Waals surface area contributed by atoms with Crippen LogP contribution in [0.3, 0.4) is 0 Å². The molecule has 0 aliphatic carbocycles. The molecule has 3 heteroatoms. The minimum absolute atomic E-state index is 0.00893. The van der Waals surface area contributed by atoms with E-state index >= 15 is 0 Å². The maximum absolute atomic E-state index is 12.4. The van der Waals surface area contributed by atoms with Gasteiger partial charge in [-0.3, -0.25) is 4.79 Å². The summed E-state index contributed by atoms with van der Waals surface area (Å²) in [6, 6.07) is 14.4. The molecule has 0 spiro atoms. The van der Waals surface area contributed by atoms with Gasteiger partial charge in [0, 0.05) is 11.1 Å². The summed E-state index contributed by atoms with van der Waals surface area (Å²) in [7, 11) is 0. The van der Waals surface area contributed by atoms with Crippen LogP contribution in [0.1, 0.15) is 43.6 Å². The van der Waals surface area contributed by atoms with E-state index in [1.54, 1.807) is 24.3 Å². The van der Waals surface area contributed by atoms with E-state index in [0.29, 0.717) is 17.7 Å². The molecule has 2 aromatic carbocycles. The first-order valence-corrected chi connectivity index (χ1v) is 7.46. The molecule has 0 fully saturated rings. The van der Waals surface area contributed by atoms with E-state index in [1.807, 2.05) is 52.0 Å². The molecular weight excluding hydrogens is 276 g/mol. The second kappa shape index (κ2) is 6.65. The van der Waals surface area contributed by atoms with Gasteiger partial charge in [-0.05, 0) is 76.2 Å². The molecule has 0 bridgehead atoms. The van der Waals surface area contributed by atoms with Crippen LogP contribution in [0, 0.1) is 0 Å². The molecule has 0 N–H and O–H groups in total. The number of ketones is 1. The number of ether oxygens (including phenoxy) is 2. The predicted octanol–water partition coefficient (Wildman–Crippen LogP) is 4.49. The Hall–Kier alpha value is -2.29. The van der Waals surface area contributed by atoms with E-state index in [4.69, 9.17) is 9.47 Å². The van der Waals surface area contributed by atoms with Gasteiger partial charge in [0.05, 0.1) is 6.61 Å². The van der Waals surface area contributed by atoms with Gasteiger partial charge in [-0.15, -0.1) is 0 Å². The molecule has 0 aromatic heterocycles. The molecule has 0 radical (unpaired) electrons. The first-order chi connectivity index (χ1) is 10.4. The minimum atomic E-state index is -0.249. The Morgan fingerprint density at radius 3 is 1.73 bits per heavy atom. The van der Waals surface area contributed by atoms with E-state index in [0.717, 1.165) is 11.5 Å². The average molecular weight is 298 g/mol. The normalized spacial score (nSPS) is 11.1. The van der Waals surface area contributed by atoms with Gasteiger partial charge in [-0.1, -0.05) is 0 Å². The molecule has 3 nitrogen and oxygen atoms in total. The smallest absolute Gasteiger partial charge is 0.193 e. The molecule has 0 saturated carbocycles. The van der Waals surface area contributed by atoms with Crippen molar-refractivity contribution in [1.29, 1.82) is 0 Å². The molecule has 22 heavy (non-hydrogen) atoms. The lowest BCUT2D eigenvalue weighted by atomic mass is 10.0. The molecule has 116 valence electrons. The molecule has 0 aliphatic rings. The fraction of sp³-hybridized carbons (Fsp3) is 0.316. The number of hydrogen-bond donors (Lipinski definition) is 0. The van der Waals surface area contributed by atoms with Gasteiger partial charge >= 0.3 is 0 Å². The lowest BCUT2D eigenvalue weighted by molar-refractivity contribution is 0.103. The van der Waals surface area contributed by atoms with Crippen LogP contribution in [0.25, 0.3) is 0 Å². The summed E-state index contributed by atoms with van der Waals surface area (Å²) in [5.41, 5.74) is 1.04. The fourth-order valence-electron chi connectivity index (χ4n) is 2.06. The third-order valence-electron chi connectivity index (χ3n) is 2.97. The van der Waals surface area contributed by atoms with Crippen molar-refractivity contribution in [2.75, 3.05) is 6.61 Å². The third kappa shape index (κ3) is 4.35. The molecule has 0 aliphatic heterocycles. The zero-order chi connectivity index (χ0) is 16.2. The monoisotopic (exact) mass is 298 g/mol. The molecule has 0 unspecified atom stereocenters. The largest absolute Gasteiger partial charge is 0.494 e. The van der Waals surface area contributed by atoms with Gasteiger partial charge < -0.3 is 9.47 Å². The molecule has 2 aromatic rings. The quantitative estimate of drug-likeness (QED) is 0.763. The highest BCUT2D eigenvalue weighted by Gasteiger charge is 2.13. The molecule has 0 heterocycles. The zero-order valence-electron chi connectivity index (χ0n) is 13.6. The third-order valence-corrected chi connectivity index (χ3v) is 2.97. The molecule has 0 amide bonds. The Morgan fingerprint density at radius 1 is 0.864 bits per heavy atom. The predicted molar refractivity (Wildman–Crippen MR) is 87.9 cm³/mol. The van der Waals surface area contributed by atoms with Crippen LogP contribution < -0.4 is 9.47 Å². The van der Waals surface area contributed by atoms with Crippen LogP contribution >= 0.6 is 0 Å². The Labute approximate surface area is 131 Å². The van der Waals surface area contributed by atoms with Crippen molar-refractivity contribution in [3.63, 3.8) is 0 Å². The summed E-state index contributed by atoms with van der Waals surface area (Å²) >= 11 is 0. The van der Waals surface area contributed by atoms with Crippen LogP contribution in [0.2, 0.25) is 0 Å². The Bertz CT molecular complexity index is 619. The van der Waals surface area contributed by atoms with Crippen LogP contribution in [0.15, 0.2) is 48.5 Å². The van der Waals surface area contributed by atoms with Gasteiger partial charge in [-0.2, -0.15) is 0 Å². The second-order valence-electron chi connectivity index (χ2n) is 6.03. The Kier molecular flexibility index (Phi) is 4.86. The van der Waals surface area contributed by atoms with Crippen LogP contribution in [-0.2, 0) is 0 Å². The second-order valence-corrected chi connectivity index (χ2v) is 6.03. The van der Waals surface area contributed by atoms with Crippen molar-refractivity contribution < 1.29 is 14.3 Å². The van der Waals surface area contributed by atoms with E-state index < -0.39 is 0 Å². The van der Waals surface area contributed by atoms with Gasteiger partial charge in [0.15, 0.2) is 5.78 Å². The Morgan fingerprint density at radius 2 is 1.32 bits per heavy atom. The number of carbonyl (C=O) groups is 1. The summed E-state index contributed by atoms with van der Waals surface area (Å²) in [6.45, 7) is 8.52. The molecular formula is C19H22O3. The highest BCUT2D eigenvalue weighted by molar-refractivity contribution is 6.09. The SMILES string of the molecule is CCOc1ccc(C(=O)c2ccc(OC(C)(C)C)cc2)cc1. The van der Waals surface area contributed by atoms with Gasteiger partial charge in [-0.25, -0.2) is 0 Å². The van der Waals surface area contributed by atoms with Crippen LogP contribution in [0.4, 0.5) is 0 Å². The number of hydrogen-bond acceptors (Lipinski definition) is 3. The maximum Gasteiger partial charge on any atom is 0.193 e. The fourth-order valence-corrected chi connectivity index (χ4v) is 2.06. The lowest BCUT2D eigenvalue weighted by Gasteiger charge is -2.21. The van der Waals surface area contributed by atoms with Gasteiger partial charge in [0.2, 0.25) is 0 Å². The Balaban J connectivity index is 2.12. The minimum Gasteiger partial charge on any atom is -0.494 e. The van der Waals surface area contributed by atoms with E-state index in [-0.39, 0.29) is 11.4 Å². The van der Waals surface area contributed by atoms with Gasteiger partial charge in [0.25, 0.3) is 0 Å². The topological polar surface area (TPSA) is 35.5 Å². The number of benzene rings is 2. The molecule has 0 saturated heterocycles. The zero-order valence-corrected chi connectivity index (χ0v) is 13.6. The van der Waals surface area contributed by atoms with Crippen molar-refractivity contribution >= 4 is 5.78 Å². The van der Waals surface area contributed by atoms with Crippen molar-refractivity contribution in [1.82, 2.24) is 0 Å². The van der Waals surface area contributed by atoms with Crippen molar-refractivity contribution in [2.24, 2.45) is 0 Å². The first kappa shape index (κ1) is 16.1. The average Bonchev–Trinajstić information content (AvgIpc) is 2.47. The first-order valence-electron chi connectivity index (χ1n) is 7.46. The van der Waals surface area contributed by atoms with Crippen molar-refractivity contribution in [3.05, 3.63) is 59.7 Å². The lowest BCUT2D eigenvalue weighted by Crippen LogP contribution is -2.22. The van der Waals surface area contributed by atoms with Crippen LogP contribution in [-0.4, -0.2) is 18.0 Å².